The van der Waals surface area contributed by atoms with E-state index in [-0.39, 0.29) is 10.8 Å². The van der Waals surface area contributed by atoms with Crippen LogP contribution in [0.1, 0.15) is 11.1 Å². The zero-order valence-electron chi connectivity index (χ0n) is 10.2. The highest BCUT2D eigenvalue weighted by molar-refractivity contribution is 7.80. The van der Waals surface area contributed by atoms with Crippen LogP contribution < -0.4 is 11.1 Å². The minimum Gasteiger partial charge on any atom is -0.389 e. The molecule has 2 aromatic carbocycles. The Morgan fingerprint density at radius 1 is 1.21 bits per heavy atom. The van der Waals surface area contributed by atoms with Gasteiger partial charge in [-0.25, -0.2) is 4.39 Å². The van der Waals surface area contributed by atoms with Crippen molar-refractivity contribution in [3.8, 4) is 0 Å². The summed E-state index contributed by atoms with van der Waals surface area (Å²) < 4.78 is 13.2. The quantitative estimate of drug-likeness (QED) is 0.835. The molecule has 0 atom stereocenters. The summed E-state index contributed by atoms with van der Waals surface area (Å²) in [5.74, 6) is -0.302. The topological polar surface area (TPSA) is 38.0 Å². The van der Waals surface area contributed by atoms with E-state index in [1.54, 1.807) is 24.3 Å². The number of thiocarbonyl (C=S) groups is 1. The lowest BCUT2D eigenvalue weighted by Gasteiger charge is -2.12. The van der Waals surface area contributed by atoms with Crippen molar-refractivity contribution in [1.82, 2.24) is 0 Å². The molecule has 3 N–H and O–H groups in total. The lowest BCUT2D eigenvalue weighted by molar-refractivity contribution is 0.628. The largest absolute Gasteiger partial charge is 0.389 e. The maximum atomic E-state index is 13.2. The molecule has 2 rings (SSSR count). The molecule has 0 aliphatic carbocycles. The highest BCUT2D eigenvalue weighted by Crippen LogP contribution is 2.28. The Morgan fingerprint density at radius 3 is 2.58 bits per heavy atom. The van der Waals surface area contributed by atoms with Crippen molar-refractivity contribution < 1.29 is 4.39 Å². The molecule has 0 aliphatic heterocycles. The number of benzene rings is 2. The fourth-order valence-corrected chi connectivity index (χ4v) is 2.00. The van der Waals surface area contributed by atoms with Crippen molar-refractivity contribution >= 4 is 40.2 Å². The highest BCUT2D eigenvalue weighted by atomic mass is 35.5. The molecule has 0 aromatic heterocycles. The van der Waals surface area contributed by atoms with E-state index >= 15 is 0 Å². The zero-order chi connectivity index (χ0) is 14.0. The van der Waals surface area contributed by atoms with Crippen molar-refractivity contribution in [2.24, 2.45) is 5.73 Å². The molecule has 0 heterocycles. The van der Waals surface area contributed by atoms with Gasteiger partial charge in [-0.2, -0.15) is 0 Å². The first kappa shape index (κ1) is 13.8. The Kier molecular flexibility index (Phi) is 4.02. The van der Waals surface area contributed by atoms with Crippen LogP contribution in [-0.4, -0.2) is 4.99 Å². The van der Waals surface area contributed by atoms with Gasteiger partial charge in [0.2, 0.25) is 0 Å². The summed E-state index contributed by atoms with van der Waals surface area (Å²) in [5, 5.41) is 3.57. The Labute approximate surface area is 121 Å². The van der Waals surface area contributed by atoms with Gasteiger partial charge in [0.05, 0.1) is 10.7 Å². The van der Waals surface area contributed by atoms with Crippen molar-refractivity contribution in [1.29, 1.82) is 0 Å². The Hall–Kier alpha value is -1.65. The lowest BCUT2D eigenvalue weighted by atomic mass is 10.1. The summed E-state index contributed by atoms with van der Waals surface area (Å²) >= 11 is 11.0. The fraction of sp³-hybridized carbons (Fsp3) is 0.0714. The van der Waals surface area contributed by atoms with Gasteiger partial charge in [0, 0.05) is 11.3 Å². The van der Waals surface area contributed by atoms with Gasteiger partial charge in [-0.05, 0) is 42.8 Å². The fourth-order valence-electron chi connectivity index (χ4n) is 1.64. The molecule has 19 heavy (non-hydrogen) atoms. The van der Waals surface area contributed by atoms with E-state index < -0.39 is 0 Å². The Morgan fingerprint density at radius 2 is 1.95 bits per heavy atom. The average molecular weight is 295 g/mol. The number of anilines is 2. The molecule has 5 heteroatoms. The lowest BCUT2D eigenvalue weighted by Crippen LogP contribution is -2.09. The molecule has 0 bridgehead atoms. The second kappa shape index (κ2) is 5.55. The van der Waals surface area contributed by atoms with E-state index in [1.165, 1.54) is 12.1 Å². The molecular weight excluding hydrogens is 283 g/mol. The molecule has 0 aliphatic rings. The molecule has 0 spiro atoms. The summed E-state index contributed by atoms with van der Waals surface area (Å²) in [6.45, 7) is 1.89. The molecular formula is C14H12ClFN2S. The number of halogens is 2. The normalized spacial score (nSPS) is 10.3. The number of nitrogens with two attached hydrogens (primary N) is 1. The first-order chi connectivity index (χ1) is 8.97. The van der Waals surface area contributed by atoms with E-state index in [0.29, 0.717) is 22.0 Å². The van der Waals surface area contributed by atoms with Crippen LogP contribution in [0.2, 0.25) is 5.02 Å². The van der Waals surface area contributed by atoms with E-state index in [0.717, 1.165) is 5.56 Å². The van der Waals surface area contributed by atoms with Crippen molar-refractivity contribution in [3.05, 3.63) is 58.4 Å². The molecule has 0 radical (unpaired) electrons. The van der Waals surface area contributed by atoms with E-state index in [2.05, 4.69) is 5.32 Å². The third-order valence-electron chi connectivity index (χ3n) is 2.72. The molecule has 2 aromatic rings. The summed E-state index contributed by atoms with van der Waals surface area (Å²) in [5.41, 5.74) is 8.50. The van der Waals surface area contributed by atoms with Crippen LogP contribution in [0.25, 0.3) is 0 Å². The molecule has 0 unspecified atom stereocenters. The van der Waals surface area contributed by atoms with Crippen molar-refractivity contribution in [2.45, 2.75) is 6.92 Å². The van der Waals surface area contributed by atoms with Gasteiger partial charge in [-0.3, -0.25) is 0 Å². The SMILES string of the molecule is Cc1ccc(F)cc1Nc1ccc(C(N)=S)cc1Cl. The van der Waals surface area contributed by atoms with Crippen molar-refractivity contribution in [3.63, 3.8) is 0 Å². The molecule has 2 nitrogen and oxygen atoms in total. The minimum atomic E-state index is -0.302. The Bertz CT molecular complexity index is 643. The Balaban J connectivity index is 2.33. The van der Waals surface area contributed by atoms with Gasteiger partial charge in [0.15, 0.2) is 0 Å². The maximum Gasteiger partial charge on any atom is 0.125 e. The van der Waals surface area contributed by atoms with E-state index in [9.17, 15) is 4.39 Å². The third-order valence-corrected chi connectivity index (χ3v) is 3.27. The summed E-state index contributed by atoms with van der Waals surface area (Å²) in [6, 6.07) is 9.76. The second-order valence-electron chi connectivity index (χ2n) is 4.14. The number of hydrogen-bond donors (Lipinski definition) is 2. The molecule has 98 valence electrons. The van der Waals surface area contributed by atoms with Crippen LogP contribution in [0.5, 0.6) is 0 Å². The number of rotatable bonds is 3. The zero-order valence-corrected chi connectivity index (χ0v) is 11.8. The minimum absolute atomic E-state index is 0.287. The predicted molar refractivity (Wildman–Crippen MR) is 81.8 cm³/mol. The van der Waals surface area contributed by atoms with Crippen LogP contribution in [0, 0.1) is 12.7 Å². The van der Waals surface area contributed by atoms with Crippen LogP contribution >= 0.6 is 23.8 Å². The summed E-state index contributed by atoms with van der Waals surface area (Å²) in [7, 11) is 0. The first-order valence-corrected chi connectivity index (χ1v) is 6.38. The monoisotopic (exact) mass is 294 g/mol. The van der Waals surface area contributed by atoms with E-state index in [1.807, 2.05) is 6.92 Å². The third kappa shape index (κ3) is 3.22. The summed E-state index contributed by atoms with van der Waals surface area (Å²) in [4.78, 5) is 0.287. The number of aryl methyl sites for hydroxylation is 1. The van der Waals surface area contributed by atoms with Gasteiger partial charge >= 0.3 is 0 Å². The summed E-state index contributed by atoms with van der Waals surface area (Å²) in [6.07, 6.45) is 0. The van der Waals surface area contributed by atoms with Crippen molar-refractivity contribution in [2.75, 3.05) is 5.32 Å². The standard InChI is InChI=1S/C14H12ClFN2S/c1-8-2-4-10(16)7-13(8)18-12-5-3-9(14(17)19)6-11(12)15/h2-7,18H,1H3,(H2,17,19). The van der Waals surface area contributed by atoms with Gasteiger partial charge in [0.25, 0.3) is 0 Å². The predicted octanol–water partition coefficient (Wildman–Crippen LogP) is 4.17. The average Bonchev–Trinajstić information content (AvgIpc) is 2.36. The first-order valence-electron chi connectivity index (χ1n) is 5.60. The number of nitrogens with one attached hydrogen (secondary N) is 1. The smallest absolute Gasteiger partial charge is 0.125 e. The van der Waals surface area contributed by atoms with Gasteiger partial charge < -0.3 is 11.1 Å². The maximum absolute atomic E-state index is 13.2. The van der Waals surface area contributed by atoms with Crippen LogP contribution in [0.3, 0.4) is 0 Å². The number of hydrogen-bond acceptors (Lipinski definition) is 2. The van der Waals surface area contributed by atoms with Crippen LogP contribution in [0.15, 0.2) is 36.4 Å². The van der Waals surface area contributed by atoms with E-state index in [4.69, 9.17) is 29.6 Å². The van der Waals surface area contributed by atoms with Gasteiger partial charge in [0.1, 0.15) is 10.8 Å². The molecule has 0 saturated carbocycles. The molecule has 0 amide bonds. The molecule has 0 fully saturated rings. The molecule has 0 saturated heterocycles. The van der Waals surface area contributed by atoms with Gasteiger partial charge in [-0.15, -0.1) is 0 Å². The van der Waals surface area contributed by atoms with Crippen LogP contribution in [0.4, 0.5) is 15.8 Å². The van der Waals surface area contributed by atoms with Gasteiger partial charge in [-0.1, -0.05) is 29.9 Å². The van der Waals surface area contributed by atoms with Crippen LogP contribution in [-0.2, 0) is 0 Å². The second-order valence-corrected chi connectivity index (χ2v) is 4.99. The highest BCUT2D eigenvalue weighted by Gasteiger charge is 2.06.